The molecule has 0 radical (unpaired) electrons. The number of fused-ring (bicyclic) bond motifs is 1. The number of ketones is 1. The molecule has 2 aromatic rings. The van der Waals surface area contributed by atoms with E-state index in [1.54, 1.807) is 12.4 Å². The molecule has 1 saturated heterocycles. The van der Waals surface area contributed by atoms with Crippen LogP contribution in [0, 0.1) is 0 Å². The lowest BCUT2D eigenvalue weighted by Crippen LogP contribution is -2.48. The van der Waals surface area contributed by atoms with Gasteiger partial charge in [-0.1, -0.05) is 0 Å². The van der Waals surface area contributed by atoms with E-state index in [0.29, 0.717) is 19.6 Å². The molecule has 0 amide bonds. The van der Waals surface area contributed by atoms with E-state index in [-0.39, 0.29) is 12.0 Å². The quantitative estimate of drug-likeness (QED) is 0.852. The Bertz CT molecular complexity index is 680. The number of carbonyl (C=O) groups excluding carboxylic acids is 1. The maximum absolute atomic E-state index is 12.4. The predicted molar refractivity (Wildman–Crippen MR) is 83.3 cm³/mol. The van der Waals surface area contributed by atoms with Crippen molar-refractivity contribution in [2.45, 2.75) is 12.6 Å². The van der Waals surface area contributed by atoms with E-state index in [1.165, 1.54) is 11.3 Å². The van der Waals surface area contributed by atoms with Crippen LogP contribution >= 0.6 is 11.3 Å². The normalized spacial score (nSPS) is 22.2. The van der Waals surface area contributed by atoms with E-state index >= 15 is 0 Å². The monoisotopic (exact) mass is 316 g/mol. The van der Waals surface area contributed by atoms with Gasteiger partial charge in [0.05, 0.1) is 19.6 Å². The molecule has 6 heteroatoms. The number of ether oxygens (including phenoxy) is 2. The van der Waals surface area contributed by atoms with Crippen molar-refractivity contribution in [1.29, 1.82) is 0 Å². The number of rotatable bonds is 2. The first-order valence-corrected chi connectivity index (χ1v) is 8.24. The minimum absolute atomic E-state index is 0.169. The third-order valence-corrected chi connectivity index (χ3v) is 5.06. The summed E-state index contributed by atoms with van der Waals surface area (Å²) in [7, 11) is 0. The molecule has 2 aliphatic heterocycles. The zero-order valence-corrected chi connectivity index (χ0v) is 12.8. The third kappa shape index (κ3) is 2.43. The van der Waals surface area contributed by atoms with Crippen LogP contribution in [0.4, 0.5) is 0 Å². The SMILES string of the molecule is O=C1CC(N2CCOCC2)Oc2c(-c3ccncc3)csc21. The van der Waals surface area contributed by atoms with Crippen LogP contribution in [0.5, 0.6) is 5.75 Å². The Balaban J connectivity index is 1.67. The van der Waals surface area contributed by atoms with Crippen molar-refractivity contribution in [3.63, 3.8) is 0 Å². The number of carbonyl (C=O) groups is 1. The van der Waals surface area contributed by atoms with Gasteiger partial charge in [-0.15, -0.1) is 11.3 Å². The Labute approximate surface area is 132 Å². The Morgan fingerprint density at radius 1 is 1.23 bits per heavy atom. The first-order chi connectivity index (χ1) is 10.8. The van der Waals surface area contributed by atoms with Gasteiger partial charge >= 0.3 is 0 Å². The van der Waals surface area contributed by atoms with Gasteiger partial charge in [0.15, 0.2) is 17.8 Å². The number of thiophene rings is 1. The van der Waals surface area contributed by atoms with Crippen LogP contribution in [0.1, 0.15) is 16.1 Å². The number of hydrogen-bond acceptors (Lipinski definition) is 6. The molecule has 0 saturated carbocycles. The molecule has 0 aromatic carbocycles. The summed E-state index contributed by atoms with van der Waals surface area (Å²) in [6.45, 7) is 3.01. The van der Waals surface area contributed by atoms with Crippen LogP contribution in [-0.4, -0.2) is 48.2 Å². The van der Waals surface area contributed by atoms with E-state index in [2.05, 4.69) is 9.88 Å². The molecule has 2 aromatic heterocycles. The van der Waals surface area contributed by atoms with Crippen molar-refractivity contribution < 1.29 is 14.3 Å². The number of nitrogens with zero attached hydrogens (tertiary/aromatic N) is 2. The summed E-state index contributed by atoms with van der Waals surface area (Å²) in [5.41, 5.74) is 2.01. The Morgan fingerprint density at radius 2 is 2.00 bits per heavy atom. The van der Waals surface area contributed by atoms with Crippen molar-refractivity contribution in [2.75, 3.05) is 26.3 Å². The average Bonchev–Trinajstić information content (AvgIpc) is 3.01. The fraction of sp³-hybridized carbons (Fsp3) is 0.375. The highest BCUT2D eigenvalue weighted by atomic mass is 32.1. The van der Waals surface area contributed by atoms with Gasteiger partial charge < -0.3 is 9.47 Å². The number of pyridine rings is 1. The van der Waals surface area contributed by atoms with Crippen molar-refractivity contribution >= 4 is 17.1 Å². The summed E-state index contributed by atoms with van der Waals surface area (Å²) < 4.78 is 11.6. The summed E-state index contributed by atoms with van der Waals surface area (Å²) in [6, 6.07) is 3.88. The van der Waals surface area contributed by atoms with Gasteiger partial charge in [-0.3, -0.25) is 14.7 Å². The van der Waals surface area contributed by atoms with E-state index in [9.17, 15) is 4.79 Å². The van der Waals surface area contributed by atoms with E-state index in [4.69, 9.17) is 9.47 Å². The summed E-state index contributed by atoms with van der Waals surface area (Å²) in [5, 5.41) is 2.00. The molecule has 2 aliphatic rings. The smallest absolute Gasteiger partial charge is 0.181 e. The number of Topliss-reactive ketones (excluding diaryl/α,β-unsaturated/α-hetero) is 1. The maximum atomic E-state index is 12.4. The number of hydrogen-bond donors (Lipinski definition) is 0. The van der Waals surface area contributed by atoms with Crippen LogP contribution in [-0.2, 0) is 4.74 Å². The molecule has 0 bridgehead atoms. The Hall–Kier alpha value is -1.76. The summed E-state index contributed by atoms with van der Waals surface area (Å²) in [4.78, 5) is 19.4. The van der Waals surface area contributed by atoms with E-state index in [1.807, 2.05) is 17.5 Å². The molecule has 0 spiro atoms. The van der Waals surface area contributed by atoms with Gasteiger partial charge in [0.1, 0.15) is 4.88 Å². The van der Waals surface area contributed by atoms with Crippen LogP contribution in [0.2, 0.25) is 0 Å². The highest BCUT2D eigenvalue weighted by molar-refractivity contribution is 7.13. The standard InChI is InChI=1S/C16H16N2O3S/c19-13-9-14(18-5-7-20-8-6-18)21-15-12(10-22-16(13)15)11-1-3-17-4-2-11/h1-4,10,14H,5-9H2. The minimum Gasteiger partial charge on any atom is -0.472 e. The van der Waals surface area contributed by atoms with Gasteiger partial charge in [0.2, 0.25) is 0 Å². The molecule has 0 N–H and O–H groups in total. The van der Waals surface area contributed by atoms with Gasteiger partial charge in [0, 0.05) is 36.4 Å². The fourth-order valence-corrected chi connectivity index (χ4v) is 3.84. The Morgan fingerprint density at radius 3 is 2.77 bits per heavy atom. The highest BCUT2D eigenvalue weighted by Crippen LogP contribution is 2.42. The summed E-state index contributed by atoms with van der Waals surface area (Å²) in [6.07, 6.45) is 3.75. The van der Waals surface area contributed by atoms with Crippen molar-refractivity contribution in [3.8, 4) is 16.9 Å². The van der Waals surface area contributed by atoms with Gasteiger partial charge in [-0.2, -0.15) is 0 Å². The van der Waals surface area contributed by atoms with E-state index in [0.717, 1.165) is 34.8 Å². The van der Waals surface area contributed by atoms with E-state index < -0.39 is 0 Å². The number of aromatic nitrogens is 1. The second-order valence-electron chi connectivity index (χ2n) is 5.39. The molecule has 22 heavy (non-hydrogen) atoms. The molecular weight excluding hydrogens is 300 g/mol. The van der Waals surface area contributed by atoms with Crippen LogP contribution in [0.25, 0.3) is 11.1 Å². The molecule has 4 rings (SSSR count). The predicted octanol–water partition coefficient (Wildman–Crippen LogP) is 2.43. The first kappa shape index (κ1) is 13.9. The molecule has 0 aliphatic carbocycles. The highest BCUT2D eigenvalue weighted by Gasteiger charge is 2.34. The van der Waals surface area contributed by atoms with Crippen LogP contribution in [0.15, 0.2) is 29.9 Å². The number of morpholine rings is 1. The lowest BCUT2D eigenvalue weighted by molar-refractivity contribution is -0.0483. The lowest BCUT2D eigenvalue weighted by Gasteiger charge is -2.36. The van der Waals surface area contributed by atoms with Crippen molar-refractivity contribution in [3.05, 3.63) is 34.8 Å². The topological polar surface area (TPSA) is 51.7 Å². The van der Waals surface area contributed by atoms with Crippen LogP contribution in [0.3, 0.4) is 0 Å². The van der Waals surface area contributed by atoms with Crippen LogP contribution < -0.4 is 4.74 Å². The summed E-state index contributed by atoms with van der Waals surface area (Å²) >= 11 is 1.47. The second-order valence-corrected chi connectivity index (χ2v) is 6.27. The Kier molecular flexibility index (Phi) is 3.65. The zero-order chi connectivity index (χ0) is 14.9. The minimum atomic E-state index is -0.181. The molecule has 4 heterocycles. The largest absolute Gasteiger partial charge is 0.472 e. The molecule has 1 unspecified atom stereocenters. The van der Waals surface area contributed by atoms with Crippen molar-refractivity contribution in [1.82, 2.24) is 9.88 Å². The molecule has 1 atom stereocenters. The van der Waals surface area contributed by atoms with Gasteiger partial charge in [0.25, 0.3) is 0 Å². The first-order valence-electron chi connectivity index (χ1n) is 7.36. The second kappa shape index (κ2) is 5.79. The molecule has 114 valence electrons. The van der Waals surface area contributed by atoms with Gasteiger partial charge in [-0.05, 0) is 17.7 Å². The fourth-order valence-electron chi connectivity index (χ4n) is 2.89. The zero-order valence-electron chi connectivity index (χ0n) is 12.0. The molecular formula is C16H16N2O3S. The molecule has 1 fully saturated rings. The molecule has 5 nitrogen and oxygen atoms in total. The van der Waals surface area contributed by atoms with Crippen molar-refractivity contribution in [2.24, 2.45) is 0 Å². The lowest BCUT2D eigenvalue weighted by atomic mass is 10.1. The summed E-state index contributed by atoms with van der Waals surface area (Å²) in [5.74, 6) is 0.895. The maximum Gasteiger partial charge on any atom is 0.181 e. The third-order valence-electron chi connectivity index (χ3n) is 4.06. The average molecular weight is 316 g/mol. The van der Waals surface area contributed by atoms with Gasteiger partial charge in [-0.25, -0.2) is 0 Å².